The molecule has 0 radical (unpaired) electrons. The second kappa shape index (κ2) is 10.8. The van der Waals surface area contributed by atoms with E-state index in [1.54, 1.807) is 0 Å². The monoisotopic (exact) mass is 639 g/mol. The van der Waals surface area contributed by atoms with E-state index in [1.165, 1.54) is 44.2 Å². The lowest BCUT2D eigenvalue weighted by molar-refractivity contribution is 0.660. The van der Waals surface area contributed by atoms with Crippen molar-refractivity contribution < 1.29 is 0 Å². The lowest BCUT2D eigenvalue weighted by atomic mass is 9.81. The maximum atomic E-state index is 5.31. The molecule has 0 spiro atoms. The highest BCUT2D eigenvalue weighted by Gasteiger charge is 2.35. The van der Waals surface area contributed by atoms with Crippen LogP contribution in [0, 0.1) is 0 Å². The summed E-state index contributed by atoms with van der Waals surface area (Å²) in [5, 5.41) is 3.40. The summed E-state index contributed by atoms with van der Waals surface area (Å²) in [5.41, 5.74) is 15.3. The number of nitrogens with zero attached hydrogens (tertiary/aromatic N) is 3. The van der Waals surface area contributed by atoms with E-state index in [-0.39, 0.29) is 5.41 Å². The highest BCUT2D eigenvalue weighted by atomic mass is 15.2. The molecule has 3 nitrogen and oxygen atoms in total. The van der Waals surface area contributed by atoms with Crippen LogP contribution in [0.15, 0.2) is 164 Å². The molecule has 0 unspecified atom stereocenters. The SMILES string of the molecule is CC1(C)c2ccccc2-c2ccc(-c3ccc(-c4cccc5c6ccccc6n(-c6nc(-c7ccccc7)c7ccccc7n6)c45)cc3)cc21. The van der Waals surface area contributed by atoms with Crippen molar-refractivity contribution in [3.8, 4) is 50.6 Å². The summed E-state index contributed by atoms with van der Waals surface area (Å²) in [5.74, 6) is 0.666. The maximum Gasteiger partial charge on any atom is 0.235 e. The number of hydrogen-bond donors (Lipinski definition) is 0. The third-order valence-electron chi connectivity index (χ3n) is 10.6. The Balaban J connectivity index is 1.14. The zero-order valence-electron chi connectivity index (χ0n) is 27.9. The molecule has 0 aliphatic heterocycles. The minimum absolute atomic E-state index is 0.0316. The van der Waals surface area contributed by atoms with Crippen molar-refractivity contribution in [1.29, 1.82) is 0 Å². The van der Waals surface area contributed by atoms with Crippen LogP contribution >= 0.6 is 0 Å². The summed E-state index contributed by atoms with van der Waals surface area (Å²) in [6.45, 7) is 4.68. The van der Waals surface area contributed by atoms with Crippen LogP contribution in [0.4, 0.5) is 0 Å². The Morgan fingerprint density at radius 3 is 1.94 bits per heavy atom. The van der Waals surface area contributed by atoms with E-state index in [0.29, 0.717) is 5.95 Å². The van der Waals surface area contributed by atoms with Gasteiger partial charge >= 0.3 is 0 Å². The van der Waals surface area contributed by atoms with Crippen LogP contribution in [0.5, 0.6) is 0 Å². The molecule has 0 atom stereocenters. The normalized spacial score (nSPS) is 13.2. The van der Waals surface area contributed by atoms with E-state index < -0.39 is 0 Å². The first-order valence-corrected chi connectivity index (χ1v) is 17.3. The fourth-order valence-electron chi connectivity index (χ4n) is 8.17. The average molecular weight is 640 g/mol. The van der Waals surface area contributed by atoms with Crippen LogP contribution in [-0.4, -0.2) is 14.5 Å². The number of hydrogen-bond acceptors (Lipinski definition) is 2. The van der Waals surface area contributed by atoms with E-state index in [9.17, 15) is 0 Å². The largest absolute Gasteiger partial charge is 0.277 e. The first kappa shape index (κ1) is 28.7. The Hall–Kier alpha value is -6.32. The van der Waals surface area contributed by atoms with Gasteiger partial charge in [0.25, 0.3) is 0 Å². The summed E-state index contributed by atoms with van der Waals surface area (Å²) >= 11 is 0. The molecule has 10 rings (SSSR count). The molecule has 236 valence electrons. The topological polar surface area (TPSA) is 30.7 Å². The molecule has 0 bridgehead atoms. The molecule has 1 aliphatic rings. The molecule has 9 aromatic rings. The number of rotatable bonds is 4. The molecular formula is C47H33N3. The standard InChI is InChI=1S/C47H33N3/c1-47(2)40-20-9-6-15-35(40)36-28-27-33(29-41(36)47)30-23-25-31(26-24-30)34-18-12-19-38-37-16-8-11-22-43(37)50(45(34)38)46-48-42-21-10-7-17-39(42)44(49-46)32-13-4-3-5-14-32/h3-29H,1-2H3. The molecular weight excluding hydrogens is 607 g/mol. The van der Waals surface area contributed by atoms with Gasteiger partial charge in [0.1, 0.15) is 0 Å². The predicted octanol–water partition coefficient (Wildman–Crippen LogP) is 12.0. The quantitative estimate of drug-likeness (QED) is 0.192. The van der Waals surface area contributed by atoms with Crippen LogP contribution in [0.25, 0.3) is 83.3 Å². The number of para-hydroxylation sites is 3. The predicted molar refractivity (Wildman–Crippen MR) is 208 cm³/mol. The molecule has 2 aromatic heterocycles. The third-order valence-corrected chi connectivity index (χ3v) is 10.6. The molecule has 1 aliphatic carbocycles. The molecule has 0 amide bonds. The van der Waals surface area contributed by atoms with Gasteiger partial charge in [-0.25, -0.2) is 9.97 Å². The van der Waals surface area contributed by atoms with Crippen molar-refractivity contribution in [2.45, 2.75) is 19.3 Å². The molecule has 2 heterocycles. The summed E-state index contributed by atoms with van der Waals surface area (Å²) in [7, 11) is 0. The number of aromatic nitrogens is 3. The van der Waals surface area contributed by atoms with Crippen LogP contribution in [0.3, 0.4) is 0 Å². The zero-order valence-corrected chi connectivity index (χ0v) is 27.9. The van der Waals surface area contributed by atoms with Gasteiger partial charge in [-0.1, -0.05) is 159 Å². The average Bonchev–Trinajstić information content (AvgIpc) is 3.63. The van der Waals surface area contributed by atoms with Gasteiger partial charge in [0.2, 0.25) is 5.95 Å². The van der Waals surface area contributed by atoms with E-state index in [2.05, 4.69) is 170 Å². The van der Waals surface area contributed by atoms with E-state index in [0.717, 1.165) is 44.3 Å². The van der Waals surface area contributed by atoms with E-state index >= 15 is 0 Å². The van der Waals surface area contributed by atoms with Crippen LogP contribution in [0.2, 0.25) is 0 Å². The molecule has 0 saturated carbocycles. The summed E-state index contributed by atoms with van der Waals surface area (Å²) in [6, 6.07) is 58.8. The van der Waals surface area contributed by atoms with Crippen molar-refractivity contribution in [2.75, 3.05) is 0 Å². The smallest absolute Gasteiger partial charge is 0.235 e. The minimum Gasteiger partial charge on any atom is -0.277 e. The van der Waals surface area contributed by atoms with Crippen LogP contribution in [0.1, 0.15) is 25.0 Å². The first-order chi connectivity index (χ1) is 24.6. The molecule has 0 saturated heterocycles. The van der Waals surface area contributed by atoms with Crippen molar-refractivity contribution >= 4 is 32.7 Å². The highest BCUT2D eigenvalue weighted by molar-refractivity contribution is 6.13. The van der Waals surface area contributed by atoms with Gasteiger partial charge in [0.15, 0.2) is 0 Å². The number of fused-ring (bicyclic) bond motifs is 7. The van der Waals surface area contributed by atoms with E-state index in [1.807, 2.05) is 12.1 Å². The fourth-order valence-corrected chi connectivity index (χ4v) is 8.17. The summed E-state index contributed by atoms with van der Waals surface area (Å²) in [4.78, 5) is 10.5. The number of benzene rings is 7. The summed E-state index contributed by atoms with van der Waals surface area (Å²) in [6.07, 6.45) is 0. The molecule has 0 N–H and O–H groups in total. The van der Waals surface area contributed by atoms with Gasteiger partial charge in [-0.05, 0) is 57.1 Å². The zero-order chi connectivity index (χ0) is 33.4. The second-order valence-electron chi connectivity index (χ2n) is 13.8. The third kappa shape index (κ3) is 4.23. The maximum absolute atomic E-state index is 5.31. The van der Waals surface area contributed by atoms with Crippen LogP contribution in [-0.2, 0) is 5.41 Å². The lowest BCUT2D eigenvalue weighted by Gasteiger charge is -2.22. The van der Waals surface area contributed by atoms with Crippen LogP contribution < -0.4 is 0 Å². The molecule has 0 fully saturated rings. The molecule has 3 heteroatoms. The van der Waals surface area contributed by atoms with Gasteiger partial charge < -0.3 is 0 Å². The Labute approximate surface area is 291 Å². The van der Waals surface area contributed by atoms with Crippen molar-refractivity contribution in [2.24, 2.45) is 0 Å². The highest BCUT2D eigenvalue weighted by Crippen LogP contribution is 2.49. The second-order valence-corrected chi connectivity index (χ2v) is 13.8. The molecule has 7 aromatic carbocycles. The van der Waals surface area contributed by atoms with Gasteiger partial charge in [-0.2, -0.15) is 0 Å². The van der Waals surface area contributed by atoms with Gasteiger partial charge in [0, 0.05) is 32.7 Å². The van der Waals surface area contributed by atoms with Crippen molar-refractivity contribution in [1.82, 2.24) is 14.5 Å². The Morgan fingerprint density at radius 2 is 1.08 bits per heavy atom. The Bertz CT molecular complexity index is 2770. The Kier molecular flexibility index (Phi) is 6.22. The van der Waals surface area contributed by atoms with Gasteiger partial charge in [-0.3, -0.25) is 4.57 Å². The molecule has 50 heavy (non-hydrogen) atoms. The van der Waals surface area contributed by atoms with Gasteiger partial charge in [-0.15, -0.1) is 0 Å². The Morgan fingerprint density at radius 1 is 0.440 bits per heavy atom. The first-order valence-electron chi connectivity index (χ1n) is 17.3. The minimum atomic E-state index is -0.0316. The van der Waals surface area contributed by atoms with Gasteiger partial charge in [0.05, 0.1) is 22.2 Å². The fraction of sp³-hybridized carbons (Fsp3) is 0.0638. The summed E-state index contributed by atoms with van der Waals surface area (Å²) < 4.78 is 2.26. The van der Waals surface area contributed by atoms with E-state index in [4.69, 9.17) is 9.97 Å². The van der Waals surface area contributed by atoms with Crippen molar-refractivity contribution in [3.05, 3.63) is 175 Å². The van der Waals surface area contributed by atoms with Crippen molar-refractivity contribution in [3.63, 3.8) is 0 Å². The lowest BCUT2D eigenvalue weighted by Crippen LogP contribution is -2.14.